The van der Waals surface area contributed by atoms with E-state index in [9.17, 15) is 0 Å². The molecule has 0 aromatic heterocycles. The molecule has 0 spiro atoms. The van der Waals surface area contributed by atoms with Gasteiger partial charge >= 0.3 is 0 Å². The highest BCUT2D eigenvalue weighted by Gasteiger charge is 2.14. The topological polar surface area (TPSA) is 33.3 Å². The number of rotatable bonds is 7. The molecule has 2 aromatic carbocycles. The highest BCUT2D eigenvalue weighted by Crippen LogP contribution is 2.30. The van der Waals surface area contributed by atoms with E-state index in [0.29, 0.717) is 0 Å². The minimum atomic E-state index is 0.0538. The zero-order chi connectivity index (χ0) is 14.2. The molecule has 106 valence electrons. The van der Waals surface area contributed by atoms with Crippen LogP contribution in [0.25, 0.3) is 0 Å². The van der Waals surface area contributed by atoms with Gasteiger partial charge in [-0.05, 0) is 31.3 Å². The van der Waals surface area contributed by atoms with E-state index in [1.807, 2.05) is 44.4 Å². The Labute approximate surface area is 121 Å². The van der Waals surface area contributed by atoms with Gasteiger partial charge in [-0.2, -0.15) is 0 Å². The van der Waals surface area contributed by atoms with Crippen LogP contribution in [-0.2, 0) is 0 Å². The van der Waals surface area contributed by atoms with Gasteiger partial charge in [0.05, 0.1) is 5.69 Å². The van der Waals surface area contributed by atoms with Crippen LogP contribution >= 0.6 is 0 Å². The highest BCUT2D eigenvalue weighted by atomic mass is 16.5. The van der Waals surface area contributed by atoms with Crippen molar-refractivity contribution >= 4 is 5.69 Å². The molecule has 0 amide bonds. The molecular formula is C17H22N2O. The van der Waals surface area contributed by atoms with Crippen molar-refractivity contribution in [2.24, 2.45) is 0 Å². The van der Waals surface area contributed by atoms with Gasteiger partial charge in [0.25, 0.3) is 0 Å². The Balaban J connectivity index is 2.19. The third-order valence-electron chi connectivity index (χ3n) is 3.25. The maximum absolute atomic E-state index is 6.22. The lowest BCUT2D eigenvalue weighted by Crippen LogP contribution is -2.16. The van der Waals surface area contributed by atoms with Crippen molar-refractivity contribution in [2.45, 2.75) is 12.5 Å². The zero-order valence-corrected chi connectivity index (χ0v) is 12.1. The fourth-order valence-corrected chi connectivity index (χ4v) is 2.17. The van der Waals surface area contributed by atoms with E-state index in [4.69, 9.17) is 4.74 Å². The molecule has 3 heteroatoms. The van der Waals surface area contributed by atoms with Crippen molar-refractivity contribution in [3.05, 3.63) is 60.2 Å². The SMILES string of the molecule is CNCCC(Oc1ccccc1NC)c1ccccc1. The molecule has 0 bridgehead atoms. The zero-order valence-electron chi connectivity index (χ0n) is 12.1. The summed E-state index contributed by atoms with van der Waals surface area (Å²) in [7, 11) is 3.87. The average Bonchev–Trinajstić information content (AvgIpc) is 2.52. The second-order valence-electron chi connectivity index (χ2n) is 4.66. The fraction of sp³-hybridized carbons (Fsp3) is 0.294. The quantitative estimate of drug-likeness (QED) is 0.808. The Morgan fingerprint density at radius 1 is 0.950 bits per heavy atom. The second kappa shape index (κ2) is 7.56. The molecule has 2 aromatic rings. The first-order valence-corrected chi connectivity index (χ1v) is 6.98. The van der Waals surface area contributed by atoms with E-state index in [-0.39, 0.29) is 6.10 Å². The Kier molecular flexibility index (Phi) is 5.44. The van der Waals surface area contributed by atoms with Crippen LogP contribution in [0.4, 0.5) is 5.69 Å². The summed E-state index contributed by atoms with van der Waals surface area (Å²) in [6, 6.07) is 18.4. The van der Waals surface area contributed by atoms with E-state index >= 15 is 0 Å². The monoisotopic (exact) mass is 270 g/mol. The van der Waals surface area contributed by atoms with Crippen molar-refractivity contribution in [3.63, 3.8) is 0 Å². The number of para-hydroxylation sites is 2. The smallest absolute Gasteiger partial charge is 0.143 e. The van der Waals surface area contributed by atoms with Gasteiger partial charge in [0.1, 0.15) is 11.9 Å². The summed E-state index contributed by atoms with van der Waals surface area (Å²) in [5, 5.41) is 6.35. The van der Waals surface area contributed by atoms with Crippen molar-refractivity contribution in [3.8, 4) is 5.75 Å². The summed E-state index contributed by atoms with van der Waals surface area (Å²) in [6.07, 6.45) is 0.983. The van der Waals surface area contributed by atoms with E-state index in [0.717, 1.165) is 24.4 Å². The van der Waals surface area contributed by atoms with Gasteiger partial charge in [-0.3, -0.25) is 0 Å². The molecule has 1 atom stereocenters. The molecule has 0 saturated carbocycles. The van der Waals surface area contributed by atoms with Gasteiger partial charge in [0.2, 0.25) is 0 Å². The molecule has 0 aliphatic carbocycles. The Bertz CT molecular complexity index is 513. The van der Waals surface area contributed by atoms with Crippen molar-refractivity contribution < 1.29 is 4.74 Å². The van der Waals surface area contributed by atoms with Gasteiger partial charge in [0.15, 0.2) is 0 Å². The molecule has 2 N–H and O–H groups in total. The summed E-state index contributed by atoms with van der Waals surface area (Å²) in [4.78, 5) is 0. The van der Waals surface area contributed by atoms with Gasteiger partial charge in [0, 0.05) is 13.5 Å². The number of hydrogen-bond donors (Lipinski definition) is 2. The van der Waals surface area contributed by atoms with Crippen LogP contribution in [0.2, 0.25) is 0 Å². The van der Waals surface area contributed by atoms with Crippen molar-refractivity contribution in [2.75, 3.05) is 26.0 Å². The first-order valence-electron chi connectivity index (χ1n) is 6.98. The molecule has 0 saturated heterocycles. The molecule has 0 aliphatic heterocycles. The molecule has 0 fully saturated rings. The molecule has 20 heavy (non-hydrogen) atoms. The van der Waals surface area contributed by atoms with Crippen LogP contribution in [0.3, 0.4) is 0 Å². The number of ether oxygens (including phenoxy) is 1. The van der Waals surface area contributed by atoms with Crippen LogP contribution in [-0.4, -0.2) is 20.6 Å². The number of nitrogens with one attached hydrogen (secondary N) is 2. The van der Waals surface area contributed by atoms with E-state index in [1.54, 1.807) is 0 Å². The normalized spacial score (nSPS) is 11.9. The lowest BCUT2D eigenvalue weighted by Gasteiger charge is -2.21. The maximum Gasteiger partial charge on any atom is 0.143 e. The first-order chi connectivity index (χ1) is 9.85. The van der Waals surface area contributed by atoms with Gasteiger partial charge in [-0.1, -0.05) is 42.5 Å². The van der Waals surface area contributed by atoms with E-state index < -0.39 is 0 Å². The molecule has 1 unspecified atom stereocenters. The molecular weight excluding hydrogens is 248 g/mol. The Morgan fingerprint density at radius 3 is 2.35 bits per heavy atom. The second-order valence-corrected chi connectivity index (χ2v) is 4.66. The minimum absolute atomic E-state index is 0.0538. The molecule has 2 rings (SSSR count). The van der Waals surface area contributed by atoms with E-state index in [1.165, 1.54) is 5.56 Å². The van der Waals surface area contributed by atoms with Crippen LogP contribution < -0.4 is 15.4 Å². The van der Waals surface area contributed by atoms with Gasteiger partial charge in [-0.15, -0.1) is 0 Å². The van der Waals surface area contributed by atoms with Gasteiger partial charge in [-0.25, -0.2) is 0 Å². The predicted molar refractivity (Wildman–Crippen MR) is 84.3 cm³/mol. The van der Waals surface area contributed by atoms with Crippen molar-refractivity contribution in [1.29, 1.82) is 0 Å². The van der Waals surface area contributed by atoms with Crippen LogP contribution in [0.15, 0.2) is 54.6 Å². The molecule has 0 aliphatic rings. The third-order valence-corrected chi connectivity index (χ3v) is 3.25. The first kappa shape index (κ1) is 14.4. The summed E-state index contributed by atoms with van der Waals surface area (Å²) in [5.41, 5.74) is 2.21. The van der Waals surface area contributed by atoms with Crippen molar-refractivity contribution in [1.82, 2.24) is 5.32 Å². The lowest BCUT2D eigenvalue weighted by atomic mass is 10.1. The summed E-state index contributed by atoms with van der Waals surface area (Å²) in [6.45, 7) is 0.918. The summed E-state index contributed by atoms with van der Waals surface area (Å²) >= 11 is 0. The van der Waals surface area contributed by atoms with Gasteiger partial charge < -0.3 is 15.4 Å². The Hall–Kier alpha value is -2.00. The number of anilines is 1. The standard InChI is InChI=1S/C17H22N2O/c1-18-13-12-16(14-8-4-3-5-9-14)20-17-11-7-6-10-15(17)19-2/h3-11,16,18-19H,12-13H2,1-2H3. The summed E-state index contributed by atoms with van der Waals surface area (Å²) in [5.74, 6) is 0.889. The molecule has 0 radical (unpaired) electrons. The number of hydrogen-bond acceptors (Lipinski definition) is 3. The molecule has 3 nitrogen and oxygen atoms in total. The predicted octanol–water partition coefficient (Wildman–Crippen LogP) is 3.46. The number of benzene rings is 2. The Morgan fingerprint density at radius 2 is 1.65 bits per heavy atom. The minimum Gasteiger partial charge on any atom is -0.484 e. The third kappa shape index (κ3) is 3.75. The van der Waals surface area contributed by atoms with Crippen LogP contribution in [0.1, 0.15) is 18.1 Å². The lowest BCUT2D eigenvalue weighted by molar-refractivity contribution is 0.196. The largest absolute Gasteiger partial charge is 0.484 e. The molecule has 0 heterocycles. The average molecular weight is 270 g/mol. The summed E-state index contributed by atoms with van der Waals surface area (Å²) < 4.78 is 6.22. The van der Waals surface area contributed by atoms with Crippen LogP contribution in [0.5, 0.6) is 5.75 Å². The van der Waals surface area contributed by atoms with Crippen LogP contribution in [0, 0.1) is 0 Å². The maximum atomic E-state index is 6.22. The fourth-order valence-electron chi connectivity index (χ4n) is 2.17. The highest BCUT2D eigenvalue weighted by molar-refractivity contribution is 5.55. The van der Waals surface area contributed by atoms with E-state index in [2.05, 4.69) is 34.9 Å².